The first-order chi connectivity index (χ1) is 11.5. The van der Waals surface area contributed by atoms with E-state index < -0.39 is 37.8 Å². The van der Waals surface area contributed by atoms with Gasteiger partial charge in [0, 0.05) is 0 Å². The van der Waals surface area contributed by atoms with Crippen molar-refractivity contribution in [1.82, 2.24) is 5.32 Å². The van der Waals surface area contributed by atoms with Gasteiger partial charge in [0.1, 0.15) is 12.4 Å². The number of carbonyl (C=O) groups excluding carboxylic acids is 1. The number of nitrogens with zero attached hydrogens (tertiary/aromatic N) is 1. The fourth-order valence-electron chi connectivity index (χ4n) is 2.21. The van der Waals surface area contributed by atoms with Crippen molar-refractivity contribution in [1.29, 1.82) is 0 Å². The van der Waals surface area contributed by atoms with E-state index in [1.54, 1.807) is 29.7 Å². The van der Waals surface area contributed by atoms with Crippen LogP contribution < -0.4 is 5.32 Å². The van der Waals surface area contributed by atoms with Gasteiger partial charge in [0.2, 0.25) is 0 Å². The maximum Gasteiger partial charge on any atom is 0.478 e. The summed E-state index contributed by atoms with van der Waals surface area (Å²) in [5, 5.41) is 32.2. The number of nitrogens with one attached hydrogen (secondary N) is 1. The molecule has 4 N–H and O–H groups in total. The van der Waals surface area contributed by atoms with E-state index in [4.69, 9.17) is 14.9 Å². The summed E-state index contributed by atoms with van der Waals surface area (Å²) in [5.41, 5.74) is 0.0648. The molecule has 1 aromatic rings. The van der Waals surface area contributed by atoms with Crippen molar-refractivity contribution in [3.63, 3.8) is 0 Å². The second-order valence-electron chi connectivity index (χ2n) is 5.03. The number of carboxylic acids is 1. The molecule has 1 aliphatic rings. The van der Waals surface area contributed by atoms with Gasteiger partial charge >= 0.3 is 13.1 Å². The van der Waals surface area contributed by atoms with Gasteiger partial charge in [-0.2, -0.15) is 0 Å². The lowest BCUT2D eigenvalue weighted by Crippen LogP contribution is -2.50. The fraction of sp³-hybridized carbons (Fsp3) is 0.357. The molecule has 0 aliphatic carbocycles. The van der Waals surface area contributed by atoms with E-state index in [9.17, 15) is 14.6 Å². The molecule has 0 aromatic carbocycles. The van der Waals surface area contributed by atoms with Crippen molar-refractivity contribution in [2.75, 3.05) is 6.73 Å². The molecule has 0 fully saturated rings. The molecule has 0 unspecified atom stereocenters. The zero-order valence-electron chi connectivity index (χ0n) is 12.7. The van der Waals surface area contributed by atoms with E-state index in [1.807, 2.05) is 0 Å². The highest BCUT2D eigenvalue weighted by Gasteiger charge is 2.33. The van der Waals surface area contributed by atoms with Crippen LogP contribution in [0.5, 0.6) is 0 Å². The van der Waals surface area contributed by atoms with Gasteiger partial charge in [-0.25, -0.2) is 0 Å². The summed E-state index contributed by atoms with van der Waals surface area (Å²) in [4.78, 5) is 27.5. The summed E-state index contributed by atoms with van der Waals surface area (Å²) >= 11 is 1.30. The molecule has 2 rings (SSSR count). The maximum absolute atomic E-state index is 12.4. The predicted molar refractivity (Wildman–Crippen MR) is 88.7 cm³/mol. The van der Waals surface area contributed by atoms with Crippen molar-refractivity contribution >= 4 is 36.0 Å². The van der Waals surface area contributed by atoms with E-state index >= 15 is 0 Å². The lowest BCUT2D eigenvalue weighted by Gasteiger charge is -2.20. The highest BCUT2D eigenvalue weighted by molar-refractivity contribution is 7.13. The van der Waals surface area contributed by atoms with Crippen molar-refractivity contribution < 1.29 is 29.5 Å². The molecule has 0 bridgehead atoms. The average molecular weight is 352 g/mol. The van der Waals surface area contributed by atoms with Crippen LogP contribution >= 0.6 is 11.3 Å². The number of thiophene rings is 1. The molecule has 0 saturated carbocycles. The molecule has 10 heteroatoms. The van der Waals surface area contributed by atoms with Gasteiger partial charge in [-0.15, -0.1) is 11.3 Å². The van der Waals surface area contributed by atoms with Crippen LogP contribution in [-0.2, 0) is 14.2 Å². The smallest absolute Gasteiger partial charge is 0.478 e. The largest absolute Gasteiger partial charge is 0.481 e. The second-order valence-corrected chi connectivity index (χ2v) is 5.98. The minimum Gasteiger partial charge on any atom is -0.481 e. The molecule has 1 aliphatic heterocycles. The van der Waals surface area contributed by atoms with E-state index in [2.05, 4.69) is 10.3 Å². The Kier molecular flexibility index (Phi) is 6.67. The zero-order valence-corrected chi connectivity index (χ0v) is 13.5. The average Bonchev–Trinajstić information content (AvgIpc) is 2.98. The van der Waals surface area contributed by atoms with Crippen molar-refractivity contribution in [3.05, 3.63) is 34.5 Å². The third kappa shape index (κ3) is 5.00. The van der Waals surface area contributed by atoms with Crippen LogP contribution in [0.1, 0.15) is 17.7 Å². The molecule has 2 heterocycles. The topological polar surface area (TPSA) is 128 Å². The molecule has 1 amide bonds. The molecule has 1 aromatic heterocycles. The Morgan fingerprint density at radius 1 is 1.50 bits per heavy atom. The first-order valence-corrected chi connectivity index (χ1v) is 8.11. The Morgan fingerprint density at radius 2 is 2.29 bits per heavy atom. The second kappa shape index (κ2) is 8.74. The Morgan fingerprint density at radius 3 is 2.92 bits per heavy atom. The molecule has 0 radical (unpaired) electrons. The number of aliphatic hydroxyl groups is 1. The molecule has 128 valence electrons. The number of carboxylic acid groups (broad SMARTS) is 1. The molecule has 0 saturated heterocycles. The lowest BCUT2D eigenvalue weighted by atomic mass is 9.77. The molecule has 8 nitrogen and oxygen atoms in total. The number of hydrogen-bond donors (Lipinski definition) is 4. The van der Waals surface area contributed by atoms with Crippen LogP contribution in [-0.4, -0.2) is 58.7 Å². The van der Waals surface area contributed by atoms with Crippen LogP contribution in [0, 0.1) is 0 Å². The Bertz CT molecular complexity index is 633. The quantitative estimate of drug-likeness (QED) is 0.319. The fourth-order valence-corrected chi connectivity index (χ4v) is 2.94. The van der Waals surface area contributed by atoms with Gasteiger partial charge in [-0.3, -0.25) is 14.6 Å². The van der Waals surface area contributed by atoms with E-state index in [-0.39, 0.29) is 18.6 Å². The van der Waals surface area contributed by atoms with Gasteiger partial charge < -0.3 is 25.2 Å². The van der Waals surface area contributed by atoms with E-state index in [1.165, 1.54) is 11.3 Å². The molecular weight excluding hydrogens is 335 g/mol. The van der Waals surface area contributed by atoms with E-state index in [0.717, 1.165) is 0 Å². The summed E-state index contributed by atoms with van der Waals surface area (Å²) in [6.07, 6.45) is 2.44. The normalized spacial score (nSPS) is 21.4. The Hall–Kier alpha value is -2.01. The number of aliphatic imine (C=N–C) groups is 1. The summed E-state index contributed by atoms with van der Waals surface area (Å²) in [5.74, 6) is -2.35. The third-order valence-corrected chi connectivity index (χ3v) is 4.17. The number of rotatable bonds is 6. The highest BCUT2D eigenvalue weighted by Crippen LogP contribution is 2.14. The minimum absolute atomic E-state index is 0.0648. The number of aliphatic carboxylic acids is 1. The number of hydrogen-bond acceptors (Lipinski definition) is 7. The van der Waals surface area contributed by atoms with Gasteiger partial charge in [0.25, 0.3) is 5.91 Å². The summed E-state index contributed by atoms with van der Waals surface area (Å²) in [6, 6.07) is 3.45. The van der Waals surface area contributed by atoms with E-state index in [0.29, 0.717) is 4.88 Å². The van der Waals surface area contributed by atoms with Gasteiger partial charge in [-0.05, 0) is 17.9 Å². The molecule has 2 atom stereocenters. The predicted octanol–water partition coefficient (Wildman–Crippen LogP) is -0.189. The SMILES string of the molecule is O=C(O)C[C@H]1C=CC[C@H](NC(=O)C(=NCO)c2cccs2)B(O)O1. The summed E-state index contributed by atoms with van der Waals surface area (Å²) < 4.78 is 5.25. The first kappa shape index (κ1) is 18.3. The molecule has 0 spiro atoms. The standard InChI is InChI=1S/C14H17BN2O6S/c18-8-16-13(10-4-2-6-24-10)14(21)17-11-5-1-3-9(7-12(19)20)23-15(11)22/h1-4,6,9,11,18,22H,5,7-8H2,(H,17,21)(H,19,20)/t9-,11+/m1/s1. The van der Waals surface area contributed by atoms with Crippen LogP contribution in [0.3, 0.4) is 0 Å². The van der Waals surface area contributed by atoms with Gasteiger partial charge in [-0.1, -0.05) is 18.2 Å². The lowest BCUT2D eigenvalue weighted by molar-refractivity contribution is -0.138. The van der Waals surface area contributed by atoms with Crippen LogP contribution in [0.15, 0.2) is 34.7 Å². The number of amides is 1. The maximum atomic E-state index is 12.4. The van der Waals surface area contributed by atoms with Gasteiger partial charge in [0.05, 0.1) is 23.3 Å². The van der Waals surface area contributed by atoms with Crippen LogP contribution in [0.2, 0.25) is 0 Å². The van der Waals surface area contributed by atoms with Crippen LogP contribution in [0.4, 0.5) is 0 Å². The van der Waals surface area contributed by atoms with Crippen molar-refractivity contribution in [3.8, 4) is 0 Å². The van der Waals surface area contributed by atoms with Gasteiger partial charge in [0.15, 0.2) is 0 Å². The summed E-state index contributed by atoms with van der Waals surface area (Å²) in [7, 11) is -1.35. The van der Waals surface area contributed by atoms with Crippen LogP contribution in [0.25, 0.3) is 0 Å². The number of aliphatic hydroxyl groups excluding tert-OH is 1. The first-order valence-electron chi connectivity index (χ1n) is 7.23. The minimum atomic E-state index is -1.35. The number of carbonyl (C=O) groups is 2. The zero-order chi connectivity index (χ0) is 17.5. The monoisotopic (exact) mass is 352 g/mol. The third-order valence-electron chi connectivity index (χ3n) is 3.29. The highest BCUT2D eigenvalue weighted by atomic mass is 32.1. The van der Waals surface area contributed by atoms with Crippen molar-refractivity contribution in [2.24, 2.45) is 4.99 Å². The summed E-state index contributed by atoms with van der Waals surface area (Å²) in [6.45, 7) is -0.537. The Labute approximate surface area is 142 Å². The molecule has 24 heavy (non-hydrogen) atoms. The van der Waals surface area contributed by atoms with Crippen molar-refractivity contribution in [2.45, 2.75) is 24.9 Å². The Balaban J connectivity index is 2.04. The molecular formula is C14H17BN2O6S.